The summed E-state index contributed by atoms with van der Waals surface area (Å²) in [6.07, 6.45) is 0. The van der Waals surface area contributed by atoms with E-state index in [1.165, 1.54) is 0 Å². The van der Waals surface area contributed by atoms with Crippen LogP contribution in [0.3, 0.4) is 0 Å². The summed E-state index contributed by atoms with van der Waals surface area (Å²) in [7, 11) is 0. The average Bonchev–Trinajstić information content (AvgIpc) is 1.65. The lowest BCUT2D eigenvalue weighted by Gasteiger charge is -2.18. The molecule has 0 atom stereocenters. The molecule has 0 heterocycles. The molecule has 0 aromatic carbocycles. The molecule has 0 aliphatic heterocycles. The van der Waals surface area contributed by atoms with Crippen LogP contribution in [0, 0.1) is 5.41 Å². The molecule has 0 aromatic heterocycles. The van der Waals surface area contributed by atoms with Crippen molar-refractivity contribution < 1.29 is 4.79 Å². The van der Waals surface area contributed by atoms with Crippen molar-refractivity contribution in [2.24, 2.45) is 17.0 Å². The fourth-order valence-corrected chi connectivity index (χ4v) is 0.342. The molecule has 0 fully saturated rings. The predicted octanol–water partition coefficient (Wildman–Crippen LogP) is -1.04. The third-order valence-electron chi connectivity index (χ3n) is 1.21. The monoisotopic (exact) mass is 131 g/mol. The van der Waals surface area contributed by atoms with Gasteiger partial charge in [0.15, 0.2) is 0 Å². The third kappa shape index (κ3) is 2.43. The maximum atomic E-state index is 10.5. The van der Waals surface area contributed by atoms with Gasteiger partial charge in [-0.1, -0.05) is 0 Å². The number of rotatable bonds is 3. The van der Waals surface area contributed by atoms with Crippen LogP contribution in [0.15, 0.2) is 0 Å². The van der Waals surface area contributed by atoms with Gasteiger partial charge in [-0.05, 0) is 13.8 Å². The fourth-order valence-electron chi connectivity index (χ4n) is 0.342. The molecule has 0 bridgehead atoms. The number of nitrogens with two attached hydrogens (primary N) is 2. The summed E-state index contributed by atoms with van der Waals surface area (Å²) in [6, 6.07) is 0. The largest absolute Gasteiger partial charge is 0.369 e. The van der Waals surface area contributed by atoms with Crippen molar-refractivity contribution in [3.63, 3.8) is 0 Å². The molecule has 54 valence electrons. The second kappa shape index (κ2) is 2.80. The van der Waals surface area contributed by atoms with Gasteiger partial charge in [-0.15, -0.1) is 0 Å². The lowest BCUT2D eigenvalue weighted by molar-refractivity contribution is -0.125. The van der Waals surface area contributed by atoms with Crippen LogP contribution in [0.1, 0.15) is 13.8 Å². The Balaban J connectivity index is 3.85. The smallest absolute Gasteiger partial charge is 0.224 e. The first kappa shape index (κ1) is 8.39. The van der Waals surface area contributed by atoms with E-state index in [0.29, 0.717) is 6.54 Å². The predicted molar refractivity (Wildman–Crippen MR) is 35.2 cm³/mol. The Bertz CT molecular complexity index is 111. The van der Waals surface area contributed by atoms with Gasteiger partial charge in [0.1, 0.15) is 0 Å². The Morgan fingerprint density at radius 1 is 1.67 bits per heavy atom. The van der Waals surface area contributed by atoms with Gasteiger partial charge in [-0.3, -0.25) is 16.1 Å². The molecular formula is C5H13N3O. The minimum absolute atomic E-state index is 0.347. The zero-order valence-electron chi connectivity index (χ0n) is 5.77. The lowest BCUT2D eigenvalue weighted by Crippen LogP contribution is -2.42. The molecule has 0 radical (unpaired) electrons. The molecular weight excluding hydrogens is 118 g/mol. The van der Waals surface area contributed by atoms with E-state index in [1.807, 2.05) is 0 Å². The van der Waals surface area contributed by atoms with Gasteiger partial charge in [-0.2, -0.15) is 0 Å². The summed E-state index contributed by atoms with van der Waals surface area (Å²) in [5.41, 5.74) is 6.86. The quantitative estimate of drug-likeness (QED) is 0.338. The highest BCUT2D eigenvalue weighted by Gasteiger charge is 2.23. The number of hydrogen-bond donors (Lipinski definition) is 3. The summed E-state index contributed by atoms with van der Waals surface area (Å²) < 4.78 is 0. The van der Waals surface area contributed by atoms with E-state index in [1.54, 1.807) is 13.8 Å². The zero-order valence-corrected chi connectivity index (χ0v) is 5.77. The third-order valence-corrected chi connectivity index (χ3v) is 1.21. The van der Waals surface area contributed by atoms with Crippen molar-refractivity contribution in [2.75, 3.05) is 6.54 Å². The first-order chi connectivity index (χ1) is 4.00. The Hall–Kier alpha value is -0.610. The van der Waals surface area contributed by atoms with E-state index in [9.17, 15) is 4.79 Å². The highest BCUT2D eigenvalue weighted by Crippen LogP contribution is 2.10. The van der Waals surface area contributed by atoms with E-state index in [0.717, 1.165) is 0 Å². The van der Waals surface area contributed by atoms with Crippen LogP contribution in [-0.2, 0) is 4.79 Å². The van der Waals surface area contributed by atoms with Crippen LogP contribution < -0.4 is 17.0 Å². The Labute approximate surface area is 54.6 Å². The van der Waals surface area contributed by atoms with Crippen LogP contribution in [-0.4, -0.2) is 12.5 Å². The highest BCUT2D eigenvalue weighted by molar-refractivity contribution is 5.80. The summed E-state index contributed by atoms with van der Waals surface area (Å²) in [4.78, 5) is 10.5. The molecule has 0 saturated carbocycles. The maximum absolute atomic E-state index is 10.5. The molecule has 1 amide bonds. The van der Waals surface area contributed by atoms with E-state index >= 15 is 0 Å². The number of hydrogen-bond acceptors (Lipinski definition) is 3. The van der Waals surface area contributed by atoms with Crippen LogP contribution in [0.2, 0.25) is 0 Å². The molecule has 0 aliphatic rings. The molecule has 4 heteroatoms. The number of amides is 1. The number of hydrazine groups is 1. The summed E-state index contributed by atoms with van der Waals surface area (Å²) >= 11 is 0. The summed E-state index contributed by atoms with van der Waals surface area (Å²) in [5.74, 6) is 4.65. The zero-order chi connectivity index (χ0) is 7.49. The minimum Gasteiger partial charge on any atom is -0.369 e. The molecule has 4 nitrogen and oxygen atoms in total. The normalized spacial score (nSPS) is 11.4. The lowest BCUT2D eigenvalue weighted by atomic mass is 9.93. The molecule has 0 aromatic rings. The van der Waals surface area contributed by atoms with Crippen LogP contribution in [0.5, 0.6) is 0 Å². The van der Waals surface area contributed by atoms with Crippen molar-refractivity contribution in [3.8, 4) is 0 Å². The second-order valence-corrected chi connectivity index (χ2v) is 2.63. The van der Waals surface area contributed by atoms with Crippen molar-refractivity contribution in [1.82, 2.24) is 5.43 Å². The van der Waals surface area contributed by atoms with Crippen molar-refractivity contribution in [2.45, 2.75) is 13.8 Å². The standard InChI is InChI=1S/C5H13N3O/c1-5(2,3-8-7)4(6)9/h8H,3,7H2,1-2H3,(H2,6,9). The van der Waals surface area contributed by atoms with Crippen LogP contribution in [0.25, 0.3) is 0 Å². The average molecular weight is 131 g/mol. The number of carbonyl (C=O) groups is 1. The van der Waals surface area contributed by atoms with Crippen LogP contribution in [0.4, 0.5) is 0 Å². The SMILES string of the molecule is CC(C)(CNN)C(N)=O. The molecule has 0 unspecified atom stereocenters. The molecule has 0 saturated heterocycles. The Morgan fingerprint density at radius 2 is 2.11 bits per heavy atom. The number of nitrogens with one attached hydrogen (secondary N) is 1. The summed E-state index contributed by atoms with van der Waals surface area (Å²) in [6.45, 7) is 3.87. The van der Waals surface area contributed by atoms with E-state index in [-0.39, 0.29) is 5.91 Å². The van der Waals surface area contributed by atoms with E-state index in [2.05, 4.69) is 5.43 Å². The first-order valence-corrected chi connectivity index (χ1v) is 2.74. The van der Waals surface area contributed by atoms with E-state index in [4.69, 9.17) is 11.6 Å². The molecule has 0 rings (SSSR count). The highest BCUT2D eigenvalue weighted by atomic mass is 16.1. The van der Waals surface area contributed by atoms with Gasteiger partial charge in [0.25, 0.3) is 0 Å². The van der Waals surface area contributed by atoms with Gasteiger partial charge in [-0.25, -0.2) is 0 Å². The van der Waals surface area contributed by atoms with Crippen LogP contribution >= 0.6 is 0 Å². The minimum atomic E-state index is -0.547. The van der Waals surface area contributed by atoms with Crippen molar-refractivity contribution in [1.29, 1.82) is 0 Å². The van der Waals surface area contributed by atoms with Gasteiger partial charge in [0.05, 0.1) is 5.41 Å². The van der Waals surface area contributed by atoms with Crippen molar-refractivity contribution >= 4 is 5.91 Å². The Kier molecular flexibility index (Phi) is 2.61. The van der Waals surface area contributed by atoms with Gasteiger partial charge in [0.2, 0.25) is 5.91 Å². The van der Waals surface area contributed by atoms with Gasteiger partial charge in [0, 0.05) is 6.54 Å². The second-order valence-electron chi connectivity index (χ2n) is 2.63. The van der Waals surface area contributed by atoms with Gasteiger partial charge >= 0.3 is 0 Å². The molecule has 5 N–H and O–H groups in total. The fraction of sp³-hybridized carbons (Fsp3) is 0.800. The molecule has 9 heavy (non-hydrogen) atoms. The van der Waals surface area contributed by atoms with Gasteiger partial charge < -0.3 is 5.73 Å². The molecule has 0 spiro atoms. The van der Waals surface area contributed by atoms with E-state index < -0.39 is 5.41 Å². The molecule has 0 aliphatic carbocycles. The first-order valence-electron chi connectivity index (χ1n) is 2.74. The number of primary amides is 1. The maximum Gasteiger partial charge on any atom is 0.224 e. The topological polar surface area (TPSA) is 81.1 Å². The van der Waals surface area contributed by atoms with Crippen molar-refractivity contribution in [3.05, 3.63) is 0 Å². The summed E-state index contributed by atoms with van der Waals surface area (Å²) in [5, 5.41) is 0. The number of carbonyl (C=O) groups excluding carboxylic acids is 1. The Morgan fingerprint density at radius 3 is 2.22 bits per heavy atom.